The van der Waals surface area contributed by atoms with Gasteiger partial charge in [0.1, 0.15) is 5.75 Å². The zero-order chi connectivity index (χ0) is 17.6. The number of carbonyl (C=O) groups excluding carboxylic acids is 2. The second kappa shape index (κ2) is 8.31. The molecule has 0 aliphatic carbocycles. The van der Waals surface area contributed by atoms with Gasteiger partial charge in [0.15, 0.2) is 6.61 Å². The molecule has 3 rings (SSSR count). The van der Waals surface area contributed by atoms with E-state index in [-0.39, 0.29) is 24.6 Å². The number of piperidine rings is 1. The van der Waals surface area contributed by atoms with E-state index in [1.54, 1.807) is 24.3 Å². The van der Waals surface area contributed by atoms with Gasteiger partial charge in [-0.1, -0.05) is 12.5 Å². The van der Waals surface area contributed by atoms with E-state index in [1.807, 2.05) is 0 Å². The van der Waals surface area contributed by atoms with Crippen LogP contribution in [-0.4, -0.2) is 61.7 Å². The minimum Gasteiger partial charge on any atom is -0.484 e. The predicted octanol–water partition coefficient (Wildman–Crippen LogP) is 0.534. The van der Waals surface area contributed by atoms with E-state index in [0.29, 0.717) is 24.5 Å². The molecule has 0 aromatic heterocycles. The van der Waals surface area contributed by atoms with Crippen LogP contribution in [0.5, 0.6) is 5.75 Å². The number of carbonyl (C=O) groups is 2. The number of rotatable bonds is 6. The molecule has 2 heterocycles. The molecule has 0 radical (unpaired) electrons. The average Bonchev–Trinajstić information content (AvgIpc) is 3.09. The Balaban J connectivity index is 1.61. The number of nitrogens with two attached hydrogens (primary N) is 1. The monoisotopic (exact) mass is 347 g/mol. The molecule has 1 aromatic rings. The first-order valence-corrected chi connectivity index (χ1v) is 8.77. The molecule has 2 saturated heterocycles. The second-order valence-electron chi connectivity index (χ2n) is 6.56. The summed E-state index contributed by atoms with van der Waals surface area (Å²) in [5, 5.41) is 3.08. The predicted molar refractivity (Wildman–Crippen MR) is 92.4 cm³/mol. The van der Waals surface area contributed by atoms with Gasteiger partial charge in [-0.2, -0.15) is 0 Å². The number of likely N-dealkylation sites (tertiary alicyclic amines) is 1. The first-order chi connectivity index (χ1) is 12.1. The molecule has 0 unspecified atom stereocenters. The quantitative estimate of drug-likeness (QED) is 0.783. The molecule has 7 nitrogen and oxygen atoms in total. The van der Waals surface area contributed by atoms with Crippen LogP contribution in [0, 0.1) is 0 Å². The van der Waals surface area contributed by atoms with Gasteiger partial charge in [-0.25, -0.2) is 0 Å². The molecular weight excluding hydrogens is 322 g/mol. The van der Waals surface area contributed by atoms with Crippen LogP contribution >= 0.6 is 0 Å². The smallest absolute Gasteiger partial charge is 0.255 e. The summed E-state index contributed by atoms with van der Waals surface area (Å²) in [5.41, 5.74) is 5.56. The number of ether oxygens (including phenoxy) is 2. The lowest BCUT2D eigenvalue weighted by Crippen LogP contribution is -2.52. The minimum absolute atomic E-state index is 0.0132. The summed E-state index contributed by atoms with van der Waals surface area (Å²) in [4.78, 5) is 25.8. The first kappa shape index (κ1) is 17.7. The van der Waals surface area contributed by atoms with Gasteiger partial charge in [-0.3, -0.25) is 14.5 Å². The van der Waals surface area contributed by atoms with Crippen LogP contribution in [0.25, 0.3) is 0 Å². The standard InChI is InChI=1S/C18H25N3O4/c19-17(22)12-25-14-6-4-5-13(9-14)18(23)20-15-10-24-11-16(15)21-7-2-1-3-8-21/h4-6,9,15-16H,1-3,7-8,10-12H2,(H2,19,22)(H,20,23)/t15-,16-/m0/s1. The van der Waals surface area contributed by atoms with Crippen molar-refractivity contribution in [1.29, 1.82) is 0 Å². The molecule has 0 saturated carbocycles. The highest BCUT2D eigenvalue weighted by Crippen LogP contribution is 2.20. The van der Waals surface area contributed by atoms with E-state index in [4.69, 9.17) is 15.2 Å². The Morgan fingerprint density at radius 2 is 2.04 bits per heavy atom. The zero-order valence-corrected chi connectivity index (χ0v) is 14.3. The van der Waals surface area contributed by atoms with E-state index in [0.717, 1.165) is 13.1 Å². The maximum Gasteiger partial charge on any atom is 0.255 e. The van der Waals surface area contributed by atoms with Crippen molar-refractivity contribution in [2.75, 3.05) is 32.9 Å². The molecule has 2 aliphatic heterocycles. The number of nitrogens with zero attached hydrogens (tertiary/aromatic N) is 1. The van der Waals surface area contributed by atoms with Crippen LogP contribution in [0.15, 0.2) is 24.3 Å². The van der Waals surface area contributed by atoms with Gasteiger partial charge in [0.05, 0.1) is 25.3 Å². The molecule has 0 spiro atoms. The van der Waals surface area contributed by atoms with Crippen molar-refractivity contribution >= 4 is 11.8 Å². The third-order valence-electron chi connectivity index (χ3n) is 4.70. The van der Waals surface area contributed by atoms with Gasteiger partial charge in [-0.05, 0) is 44.1 Å². The third-order valence-corrected chi connectivity index (χ3v) is 4.70. The Kier molecular flexibility index (Phi) is 5.88. The van der Waals surface area contributed by atoms with Gasteiger partial charge >= 0.3 is 0 Å². The van der Waals surface area contributed by atoms with Crippen molar-refractivity contribution in [2.24, 2.45) is 5.73 Å². The topological polar surface area (TPSA) is 93.9 Å². The maximum atomic E-state index is 12.6. The van der Waals surface area contributed by atoms with E-state index in [1.165, 1.54) is 19.3 Å². The summed E-state index contributed by atoms with van der Waals surface area (Å²) in [6, 6.07) is 6.97. The number of nitrogens with one attached hydrogen (secondary N) is 1. The second-order valence-corrected chi connectivity index (χ2v) is 6.56. The largest absolute Gasteiger partial charge is 0.484 e. The summed E-state index contributed by atoms with van der Waals surface area (Å²) >= 11 is 0. The molecule has 7 heteroatoms. The first-order valence-electron chi connectivity index (χ1n) is 8.77. The molecule has 136 valence electrons. The van der Waals surface area contributed by atoms with Crippen molar-refractivity contribution < 1.29 is 19.1 Å². The van der Waals surface area contributed by atoms with Crippen molar-refractivity contribution in [3.8, 4) is 5.75 Å². The highest BCUT2D eigenvalue weighted by Gasteiger charge is 2.34. The summed E-state index contributed by atoms with van der Waals surface area (Å²) in [6.45, 7) is 3.11. The van der Waals surface area contributed by atoms with Crippen LogP contribution in [0.1, 0.15) is 29.6 Å². The summed E-state index contributed by atoms with van der Waals surface area (Å²) in [7, 11) is 0. The minimum atomic E-state index is -0.553. The lowest BCUT2D eigenvalue weighted by atomic mass is 10.0. The SMILES string of the molecule is NC(=O)COc1cccc(C(=O)N[C@H]2COC[C@@H]2N2CCCCC2)c1. The Labute approximate surface area is 147 Å². The third kappa shape index (κ3) is 4.70. The van der Waals surface area contributed by atoms with E-state index in [9.17, 15) is 9.59 Å². The number of benzene rings is 1. The van der Waals surface area contributed by atoms with E-state index < -0.39 is 5.91 Å². The lowest BCUT2D eigenvalue weighted by molar-refractivity contribution is -0.119. The number of amides is 2. The Morgan fingerprint density at radius 1 is 1.24 bits per heavy atom. The van der Waals surface area contributed by atoms with Crippen molar-refractivity contribution in [3.05, 3.63) is 29.8 Å². The fourth-order valence-corrected chi connectivity index (χ4v) is 3.42. The van der Waals surface area contributed by atoms with Crippen molar-refractivity contribution in [3.63, 3.8) is 0 Å². The fraction of sp³-hybridized carbons (Fsp3) is 0.556. The Hall–Kier alpha value is -2.12. The van der Waals surface area contributed by atoms with Crippen molar-refractivity contribution in [2.45, 2.75) is 31.3 Å². The molecular formula is C18H25N3O4. The molecule has 2 fully saturated rings. The Morgan fingerprint density at radius 3 is 2.80 bits per heavy atom. The van der Waals surface area contributed by atoms with Crippen LogP contribution in [0.2, 0.25) is 0 Å². The molecule has 0 bridgehead atoms. The summed E-state index contributed by atoms with van der Waals surface area (Å²) in [5.74, 6) is -0.272. The number of hydrogen-bond acceptors (Lipinski definition) is 5. The van der Waals surface area contributed by atoms with Gasteiger partial charge < -0.3 is 20.5 Å². The van der Waals surface area contributed by atoms with Crippen LogP contribution in [0.3, 0.4) is 0 Å². The van der Waals surface area contributed by atoms with E-state index >= 15 is 0 Å². The molecule has 3 N–H and O–H groups in total. The zero-order valence-electron chi connectivity index (χ0n) is 14.3. The Bertz CT molecular complexity index is 616. The summed E-state index contributed by atoms with van der Waals surface area (Å²) < 4.78 is 10.9. The number of hydrogen-bond donors (Lipinski definition) is 2. The average molecular weight is 347 g/mol. The maximum absolute atomic E-state index is 12.6. The van der Waals surface area contributed by atoms with Crippen LogP contribution < -0.4 is 15.8 Å². The van der Waals surface area contributed by atoms with Gasteiger partial charge in [-0.15, -0.1) is 0 Å². The highest BCUT2D eigenvalue weighted by atomic mass is 16.5. The van der Waals surface area contributed by atoms with Gasteiger partial charge in [0.25, 0.3) is 11.8 Å². The van der Waals surface area contributed by atoms with Gasteiger partial charge in [0.2, 0.25) is 0 Å². The lowest BCUT2D eigenvalue weighted by Gasteiger charge is -2.34. The molecule has 2 amide bonds. The van der Waals surface area contributed by atoms with E-state index in [2.05, 4.69) is 10.2 Å². The van der Waals surface area contributed by atoms with Gasteiger partial charge in [0, 0.05) is 5.56 Å². The number of primary amides is 1. The highest BCUT2D eigenvalue weighted by molar-refractivity contribution is 5.94. The molecule has 2 aliphatic rings. The van der Waals surface area contributed by atoms with Crippen LogP contribution in [-0.2, 0) is 9.53 Å². The summed E-state index contributed by atoms with van der Waals surface area (Å²) in [6.07, 6.45) is 3.69. The molecule has 2 atom stereocenters. The van der Waals surface area contributed by atoms with Crippen LogP contribution in [0.4, 0.5) is 0 Å². The van der Waals surface area contributed by atoms with Crippen molar-refractivity contribution in [1.82, 2.24) is 10.2 Å². The normalized spacial score (nSPS) is 24.0. The molecule has 25 heavy (non-hydrogen) atoms. The molecule has 1 aromatic carbocycles. The fourth-order valence-electron chi connectivity index (χ4n) is 3.42.